The van der Waals surface area contributed by atoms with Gasteiger partial charge in [0.25, 0.3) is 0 Å². The van der Waals surface area contributed by atoms with Crippen molar-refractivity contribution in [2.75, 3.05) is 13.1 Å². The maximum Gasteiger partial charge on any atom is 0.223 e. The van der Waals surface area contributed by atoms with Gasteiger partial charge in [0.1, 0.15) is 0 Å². The monoisotopic (exact) mass is 296 g/mol. The van der Waals surface area contributed by atoms with E-state index in [0.717, 1.165) is 25.0 Å². The summed E-state index contributed by atoms with van der Waals surface area (Å²) in [5.41, 5.74) is 5.68. The average Bonchev–Trinajstić information content (AvgIpc) is 2.95. The predicted octanol–water partition coefficient (Wildman–Crippen LogP) is 1.88. The zero-order valence-corrected chi connectivity index (χ0v) is 11.6. The molecule has 21 heavy (non-hydrogen) atoms. The van der Waals surface area contributed by atoms with Crippen LogP contribution in [0.4, 0.5) is 8.78 Å². The van der Waals surface area contributed by atoms with Crippen LogP contribution in [0.5, 0.6) is 0 Å². The van der Waals surface area contributed by atoms with Crippen LogP contribution in [0, 0.1) is 11.6 Å². The molecule has 1 aromatic rings. The molecule has 2 N–H and O–H groups in total. The molecule has 0 aromatic heterocycles. The summed E-state index contributed by atoms with van der Waals surface area (Å²) in [4.78, 5) is 25.7. The molecule has 1 saturated heterocycles. The van der Waals surface area contributed by atoms with Crippen molar-refractivity contribution in [1.29, 1.82) is 0 Å². The highest BCUT2D eigenvalue weighted by Crippen LogP contribution is 2.18. The number of hydrogen-bond donors (Lipinski definition) is 1. The number of carbonyl (C=O) groups is 2. The summed E-state index contributed by atoms with van der Waals surface area (Å²) < 4.78 is 25.9. The zero-order valence-electron chi connectivity index (χ0n) is 11.6. The Morgan fingerprint density at radius 1 is 1.24 bits per heavy atom. The third-order valence-electron chi connectivity index (χ3n) is 3.78. The minimum atomic E-state index is -1.06. The lowest BCUT2D eigenvalue weighted by atomic mass is 10.1. The highest BCUT2D eigenvalue weighted by Gasteiger charge is 2.27. The van der Waals surface area contributed by atoms with Gasteiger partial charge in [-0.3, -0.25) is 9.59 Å². The Morgan fingerprint density at radius 3 is 2.67 bits per heavy atom. The molecule has 0 spiro atoms. The fourth-order valence-corrected chi connectivity index (χ4v) is 2.59. The van der Waals surface area contributed by atoms with Crippen molar-refractivity contribution in [2.45, 2.75) is 31.7 Å². The van der Waals surface area contributed by atoms with E-state index in [1.807, 2.05) is 0 Å². The van der Waals surface area contributed by atoms with E-state index in [9.17, 15) is 18.4 Å². The van der Waals surface area contributed by atoms with E-state index in [4.69, 9.17) is 5.73 Å². The van der Waals surface area contributed by atoms with Gasteiger partial charge in [0.15, 0.2) is 17.4 Å². The van der Waals surface area contributed by atoms with E-state index in [1.165, 1.54) is 6.07 Å². The fraction of sp³-hybridized carbons (Fsp3) is 0.467. The van der Waals surface area contributed by atoms with Crippen molar-refractivity contribution >= 4 is 11.7 Å². The largest absolute Gasteiger partial charge is 0.338 e. The maximum absolute atomic E-state index is 13.1. The number of Topliss-reactive ketones (excluding diaryl/α,β-unsaturated/α-hetero) is 1. The predicted molar refractivity (Wildman–Crippen MR) is 73.7 cm³/mol. The highest BCUT2D eigenvalue weighted by molar-refractivity contribution is 5.98. The lowest BCUT2D eigenvalue weighted by Gasteiger charge is -2.23. The zero-order chi connectivity index (χ0) is 15.4. The minimum absolute atomic E-state index is 0.0162. The minimum Gasteiger partial charge on any atom is -0.338 e. The topological polar surface area (TPSA) is 63.4 Å². The summed E-state index contributed by atoms with van der Waals surface area (Å²) in [6.07, 6.45) is 1.86. The Morgan fingerprint density at radius 2 is 2.00 bits per heavy atom. The van der Waals surface area contributed by atoms with Crippen molar-refractivity contribution in [1.82, 2.24) is 4.90 Å². The third kappa shape index (κ3) is 3.64. The quantitative estimate of drug-likeness (QED) is 0.844. The third-order valence-corrected chi connectivity index (χ3v) is 3.78. The molecule has 0 bridgehead atoms. The summed E-state index contributed by atoms with van der Waals surface area (Å²) in [6, 6.07) is 3.05. The van der Waals surface area contributed by atoms with Crippen molar-refractivity contribution in [3.05, 3.63) is 35.4 Å². The van der Waals surface area contributed by atoms with E-state index in [-0.39, 0.29) is 36.1 Å². The number of likely N-dealkylation sites (tertiary alicyclic amines) is 1. The van der Waals surface area contributed by atoms with E-state index in [1.54, 1.807) is 4.90 Å². The van der Waals surface area contributed by atoms with Gasteiger partial charge in [0.05, 0.1) is 0 Å². The van der Waals surface area contributed by atoms with Crippen LogP contribution in [0.2, 0.25) is 0 Å². The van der Waals surface area contributed by atoms with Gasteiger partial charge in [-0.05, 0) is 31.0 Å². The maximum atomic E-state index is 13.1. The molecule has 114 valence electrons. The van der Waals surface area contributed by atoms with E-state index in [0.29, 0.717) is 13.1 Å². The molecule has 1 unspecified atom stereocenters. The van der Waals surface area contributed by atoms with Gasteiger partial charge in [-0.2, -0.15) is 0 Å². The summed E-state index contributed by atoms with van der Waals surface area (Å²) in [5.74, 6) is -2.54. The molecule has 6 heteroatoms. The smallest absolute Gasteiger partial charge is 0.223 e. The number of rotatable bonds is 5. The number of nitrogens with two attached hydrogens (primary N) is 1. The molecule has 1 aliphatic rings. The Labute approximate surface area is 121 Å². The van der Waals surface area contributed by atoms with Gasteiger partial charge in [-0.1, -0.05) is 0 Å². The van der Waals surface area contributed by atoms with Gasteiger partial charge >= 0.3 is 0 Å². The molecule has 1 atom stereocenters. The average molecular weight is 296 g/mol. The lowest BCUT2D eigenvalue weighted by molar-refractivity contribution is -0.131. The SMILES string of the molecule is NCC1CCCN1C(=O)CCC(=O)c1ccc(F)c(F)c1. The first-order chi connectivity index (χ1) is 10.0. The van der Waals surface area contributed by atoms with E-state index in [2.05, 4.69) is 0 Å². The van der Waals surface area contributed by atoms with Crippen LogP contribution in [-0.4, -0.2) is 35.7 Å². The van der Waals surface area contributed by atoms with Crippen LogP contribution in [0.25, 0.3) is 0 Å². The van der Waals surface area contributed by atoms with Gasteiger partial charge in [0, 0.05) is 37.5 Å². The summed E-state index contributed by atoms with van der Waals surface area (Å²) in [5, 5.41) is 0. The Balaban J connectivity index is 1.91. The number of carbonyl (C=O) groups excluding carboxylic acids is 2. The molecular formula is C15H18F2N2O2. The van der Waals surface area contributed by atoms with Gasteiger partial charge < -0.3 is 10.6 Å². The highest BCUT2D eigenvalue weighted by atomic mass is 19.2. The lowest BCUT2D eigenvalue weighted by Crippen LogP contribution is -2.39. The Bertz CT molecular complexity index is 548. The molecule has 1 amide bonds. The van der Waals surface area contributed by atoms with E-state index >= 15 is 0 Å². The van der Waals surface area contributed by atoms with Gasteiger partial charge in [-0.15, -0.1) is 0 Å². The molecule has 0 saturated carbocycles. The van der Waals surface area contributed by atoms with Crippen LogP contribution < -0.4 is 5.73 Å². The fourth-order valence-electron chi connectivity index (χ4n) is 2.59. The molecule has 1 heterocycles. The number of nitrogens with zero attached hydrogens (tertiary/aromatic N) is 1. The standard InChI is InChI=1S/C15H18F2N2O2/c16-12-4-3-10(8-13(12)17)14(20)5-6-15(21)19-7-1-2-11(19)9-18/h3-4,8,11H,1-2,5-7,9,18H2. The molecule has 1 aliphatic heterocycles. The number of hydrogen-bond acceptors (Lipinski definition) is 3. The summed E-state index contributed by atoms with van der Waals surface area (Å²) >= 11 is 0. The number of ketones is 1. The van der Waals surface area contributed by atoms with Gasteiger partial charge in [-0.25, -0.2) is 8.78 Å². The summed E-state index contributed by atoms with van der Waals surface area (Å²) in [7, 11) is 0. The number of halogens is 2. The van der Waals surface area contributed by atoms with Crippen LogP contribution in [-0.2, 0) is 4.79 Å². The Kier molecular flexibility index (Phi) is 5.01. The van der Waals surface area contributed by atoms with Gasteiger partial charge in [0.2, 0.25) is 5.91 Å². The molecule has 0 aliphatic carbocycles. The molecular weight excluding hydrogens is 278 g/mol. The Hall–Kier alpha value is -1.82. The first-order valence-corrected chi connectivity index (χ1v) is 7.00. The number of benzene rings is 1. The molecule has 4 nitrogen and oxygen atoms in total. The molecule has 1 aromatic carbocycles. The second kappa shape index (κ2) is 6.76. The first kappa shape index (κ1) is 15.6. The summed E-state index contributed by atoms with van der Waals surface area (Å²) in [6.45, 7) is 1.09. The van der Waals surface area contributed by atoms with Crippen molar-refractivity contribution in [3.63, 3.8) is 0 Å². The van der Waals surface area contributed by atoms with Crippen LogP contribution in [0.1, 0.15) is 36.0 Å². The molecule has 0 radical (unpaired) electrons. The second-order valence-electron chi connectivity index (χ2n) is 5.17. The van der Waals surface area contributed by atoms with Crippen molar-refractivity contribution in [3.8, 4) is 0 Å². The van der Waals surface area contributed by atoms with Crippen LogP contribution in [0.15, 0.2) is 18.2 Å². The first-order valence-electron chi connectivity index (χ1n) is 7.00. The second-order valence-corrected chi connectivity index (χ2v) is 5.17. The number of amides is 1. The molecule has 2 rings (SSSR count). The van der Waals surface area contributed by atoms with Crippen LogP contribution >= 0.6 is 0 Å². The normalized spacial score (nSPS) is 18.0. The molecule has 1 fully saturated rings. The van der Waals surface area contributed by atoms with Crippen LogP contribution in [0.3, 0.4) is 0 Å². The van der Waals surface area contributed by atoms with E-state index < -0.39 is 11.6 Å². The van der Waals surface area contributed by atoms with Crippen molar-refractivity contribution < 1.29 is 18.4 Å². The van der Waals surface area contributed by atoms with Crippen molar-refractivity contribution in [2.24, 2.45) is 5.73 Å².